The maximum Gasteiger partial charge on any atom is 0.331 e. The molecule has 1 aromatic carbocycles. The number of carbonyl (C=O) groups is 2. The molecule has 0 heterocycles. The Morgan fingerprint density at radius 1 is 1.24 bits per heavy atom. The highest BCUT2D eigenvalue weighted by Gasteiger charge is 2.29. The van der Waals surface area contributed by atoms with E-state index in [0.717, 1.165) is 18.4 Å². The molecule has 1 aromatic rings. The van der Waals surface area contributed by atoms with Gasteiger partial charge in [-0.15, -0.1) is 0 Å². The summed E-state index contributed by atoms with van der Waals surface area (Å²) in [5, 5.41) is 3.04. The Balaban J connectivity index is 1.89. The molecule has 0 bridgehead atoms. The normalized spacial score (nSPS) is 22.7. The van der Waals surface area contributed by atoms with Crippen LogP contribution in [0.4, 0.5) is 0 Å². The topological polar surface area (TPSA) is 73.9 Å². The molecule has 0 spiro atoms. The molecule has 1 aliphatic carbocycles. The summed E-state index contributed by atoms with van der Waals surface area (Å²) in [6.07, 6.45) is 5.36. The number of amides is 1. The van der Waals surface area contributed by atoms with Gasteiger partial charge < -0.3 is 19.5 Å². The van der Waals surface area contributed by atoms with Crippen LogP contribution in [0.15, 0.2) is 24.3 Å². The molecular weight excluding hydrogens is 370 g/mol. The molecule has 6 nitrogen and oxygen atoms in total. The lowest BCUT2D eigenvalue weighted by atomic mass is 9.78. The fraction of sp³-hybridized carbons (Fsp3) is 0.565. The number of esters is 1. The Hall–Kier alpha value is -2.50. The third kappa shape index (κ3) is 6.51. The molecule has 1 N–H and O–H groups in total. The lowest BCUT2D eigenvalue weighted by molar-refractivity contribution is -0.150. The maximum absolute atomic E-state index is 12.4. The number of nitrogens with one attached hydrogen (secondary N) is 1. The summed E-state index contributed by atoms with van der Waals surface area (Å²) >= 11 is 0. The van der Waals surface area contributed by atoms with E-state index >= 15 is 0 Å². The van der Waals surface area contributed by atoms with Gasteiger partial charge in [0.25, 0.3) is 5.91 Å². The average molecular weight is 404 g/mol. The Bertz CT molecular complexity index is 730. The minimum absolute atomic E-state index is 0.138. The molecule has 0 aromatic heterocycles. The Morgan fingerprint density at radius 2 is 2.00 bits per heavy atom. The van der Waals surface area contributed by atoms with Crippen LogP contribution in [0.2, 0.25) is 0 Å². The summed E-state index contributed by atoms with van der Waals surface area (Å²) < 4.78 is 16.0. The molecule has 0 saturated heterocycles. The molecule has 0 radical (unpaired) electrons. The van der Waals surface area contributed by atoms with Crippen LogP contribution in [0.25, 0.3) is 6.08 Å². The summed E-state index contributed by atoms with van der Waals surface area (Å²) in [4.78, 5) is 24.5. The van der Waals surface area contributed by atoms with Crippen LogP contribution in [0.3, 0.4) is 0 Å². The Morgan fingerprint density at radius 3 is 2.69 bits per heavy atom. The highest BCUT2D eigenvalue weighted by Crippen LogP contribution is 2.30. The Kier molecular flexibility index (Phi) is 8.55. The van der Waals surface area contributed by atoms with Gasteiger partial charge in [0.05, 0.1) is 13.7 Å². The third-order valence-electron chi connectivity index (χ3n) is 5.60. The first-order valence-corrected chi connectivity index (χ1v) is 10.4. The smallest absolute Gasteiger partial charge is 0.331 e. The molecule has 1 amide bonds. The van der Waals surface area contributed by atoms with Crippen LogP contribution >= 0.6 is 0 Å². The number of benzene rings is 1. The van der Waals surface area contributed by atoms with Crippen molar-refractivity contribution >= 4 is 18.0 Å². The van der Waals surface area contributed by atoms with Crippen molar-refractivity contribution < 1.29 is 23.8 Å². The standard InChI is InChI=1S/C23H33NO5/c1-6-28-20-12-10-18(14-21(20)27-5)11-13-22(25)29-17(4)23(26)24-19-9-7-8-15(2)16(19)3/h10-17,19H,6-9H2,1-5H3,(H,24,26)/b13-11+/t15-,16-,17-,19+/m0/s1. The van der Waals surface area contributed by atoms with Gasteiger partial charge in [-0.1, -0.05) is 32.8 Å². The van der Waals surface area contributed by atoms with E-state index in [2.05, 4.69) is 19.2 Å². The van der Waals surface area contributed by atoms with Crippen LogP contribution in [0.1, 0.15) is 52.5 Å². The second kappa shape index (κ2) is 10.9. The summed E-state index contributed by atoms with van der Waals surface area (Å²) in [6.45, 7) is 8.41. The lowest BCUT2D eigenvalue weighted by Gasteiger charge is -2.35. The van der Waals surface area contributed by atoms with Crippen molar-refractivity contribution in [3.8, 4) is 11.5 Å². The second-order valence-electron chi connectivity index (χ2n) is 7.64. The summed E-state index contributed by atoms with van der Waals surface area (Å²) in [5.74, 6) is 1.43. The number of rotatable bonds is 8. The highest BCUT2D eigenvalue weighted by atomic mass is 16.5. The van der Waals surface area contributed by atoms with Crippen molar-refractivity contribution in [1.82, 2.24) is 5.32 Å². The van der Waals surface area contributed by atoms with Crippen molar-refractivity contribution in [3.05, 3.63) is 29.8 Å². The predicted molar refractivity (Wildman–Crippen MR) is 113 cm³/mol. The fourth-order valence-electron chi connectivity index (χ4n) is 3.58. The maximum atomic E-state index is 12.4. The van der Waals surface area contributed by atoms with Crippen LogP contribution in [-0.2, 0) is 14.3 Å². The van der Waals surface area contributed by atoms with E-state index in [1.807, 2.05) is 13.0 Å². The van der Waals surface area contributed by atoms with Crippen molar-refractivity contribution in [1.29, 1.82) is 0 Å². The van der Waals surface area contributed by atoms with Gasteiger partial charge in [0.1, 0.15) is 0 Å². The summed E-state index contributed by atoms with van der Waals surface area (Å²) in [6, 6.07) is 5.52. The van der Waals surface area contributed by atoms with E-state index < -0.39 is 12.1 Å². The van der Waals surface area contributed by atoms with E-state index in [1.54, 1.807) is 32.2 Å². The number of hydrogen-bond acceptors (Lipinski definition) is 5. The SMILES string of the molecule is CCOc1ccc(/C=C/C(=O)O[C@@H](C)C(=O)N[C@@H]2CCC[C@H](C)[C@@H]2C)cc1OC. The van der Waals surface area contributed by atoms with Crippen LogP contribution < -0.4 is 14.8 Å². The average Bonchev–Trinajstić information content (AvgIpc) is 2.70. The molecule has 6 heteroatoms. The van der Waals surface area contributed by atoms with Crippen molar-refractivity contribution in [3.63, 3.8) is 0 Å². The van der Waals surface area contributed by atoms with Gasteiger partial charge in [0.15, 0.2) is 17.6 Å². The number of ether oxygens (including phenoxy) is 3. The van der Waals surface area contributed by atoms with Gasteiger partial charge in [-0.05, 0) is 55.9 Å². The van der Waals surface area contributed by atoms with E-state index in [1.165, 1.54) is 12.5 Å². The van der Waals surface area contributed by atoms with Gasteiger partial charge in [-0.25, -0.2) is 4.79 Å². The first-order chi connectivity index (χ1) is 13.8. The van der Waals surface area contributed by atoms with Gasteiger partial charge in [0, 0.05) is 12.1 Å². The minimum atomic E-state index is -0.841. The molecule has 2 rings (SSSR count). The summed E-state index contributed by atoms with van der Waals surface area (Å²) in [7, 11) is 1.56. The lowest BCUT2D eigenvalue weighted by Crippen LogP contribution is -2.47. The first-order valence-electron chi connectivity index (χ1n) is 10.4. The van der Waals surface area contributed by atoms with Gasteiger partial charge in [-0.2, -0.15) is 0 Å². The zero-order chi connectivity index (χ0) is 21.4. The Labute approximate surface area is 173 Å². The monoisotopic (exact) mass is 403 g/mol. The highest BCUT2D eigenvalue weighted by molar-refractivity contribution is 5.90. The molecule has 4 atom stereocenters. The predicted octanol–water partition coefficient (Wildman–Crippen LogP) is 3.98. The minimum Gasteiger partial charge on any atom is -0.493 e. The molecule has 29 heavy (non-hydrogen) atoms. The van der Waals surface area contributed by atoms with Crippen molar-refractivity contribution in [2.75, 3.05) is 13.7 Å². The molecule has 1 saturated carbocycles. The summed E-state index contributed by atoms with van der Waals surface area (Å²) in [5.41, 5.74) is 0.768. The molecule has 160 valence electrons. The quantitative estimate of drug-likeness (QED) is 0.525. The third-order valence-corrected chi connectivity index (χ3v) is 5.60. The molecular formula is C23H33NO5. The van der Waals surface area contributed by atoms with Crippen LogP contribution in [0, 0.1) is 11.8 Å². The molecule has 0 unspecified atom stereocenters. The van der Waals surface area contributed by atoms with E-state index in [0.29, 0.717) is 29.9 Å². The number of carbonyl (C=O) groups excluding carboxylic acids is 2. The van der Waals surface area contributed by atoms with Crippen LogP contribution in [0.5, 0.6) is 11.5 Å². The molecule has 1 fully saturated rings. The fourth-order valence-corrected chi connectivity index (χ4v) is 3.58. The van der Waals surface area contributed by atoms with E-state index in [9.17, 15) is 9.59 Å². The second-order valence-corrected chi connectivity index (χ2v) is 7.64. The zero-order valence-corrected chi connectivity index (χ0v) is 18.1. The molecule has 1 aliphatic rings. The van der Waals surface area contributed by atoms with Gasteiger partial charge in [0.2, 0.25) is 0 Å². The van der Waals surface area contributed by atoms with E-state index in [-0.39, 0.29) is 11.9 Å². The van der Waals surface area contributed by atoms with E-state index in [4.69, 9.17) is 14.2 Å². The molecule has 0 aliphatic heterocycles. The largest absolute Gasteiger partial charge is 0.493 e. The van der Waals surface area contributed by atoms with Crippen molar-refractivity contribution in [2.45, 2.75) is 59.1 Å². The number of hydrogen-bond donors (Lipinski definition) is 1. The van der Waals surface area contributed by atoms with Gasteiger partial charge >= 0.3 is 5.97 Å². The van der Waals surface area contributed by atoms with Crippen molar-refractivity contribution in [2.24, 2.45) is 11.8 Å². The van der Waals surface area contributed by atoms with Gasteiger partial charge in [-0.3, -0.25) is 4.79 Å². The number of methoxy groups -OCH3 is 1. The zero-order valence-electron chi connectivity index (χ0n) is 18.1. The van der Waals surface area contributed by atoms with Crippen LogP contribution in [-0.4, -0.2) is 37.7 Å². The first kappa shape index (κ1) is 22.8.